The summed E-state index contributed by atoms with van der Waals surface area (Å²) in [7, 11) is 0. The lowest BCUT2D eigenvalue weighted by molar-refractivity contribution is -0.139. The molecule has 0 heterocycles. The number of anilines is 1. The Morgan fingerprint density at radius 1 is 1.10 bits per heavy atom. The fraction of sp³-hybridized carbons (Fsp3) is 0.200. The Bertz CT molecular complexity index is 960. The minimum Gasteiger partial charge on any atom is -0.480 e. The Morgan fingerprint density at radius 2 is 1.79 bits per heavy atom. The lowest BCUT2D eigenvalue weighted by Gasteiger charge is -2.17. The Labute approximate surface area is 171 Å². The van der Waals surface area contributed by atoms with Crippen LogP contribution in [0.3, 0.4) is 0 Å². The van der Waals surface area contributed by atoms with Gasteiger partial charge in [-0.15, -0.1) is 0 Å². The number of ether oxygens (including phenoxy) is 1. The first-order chi connectivity index (χ1) is 13.7. The predicted octanol–water partition coefficient (Wildman–Crippen LogP) is 2.65. The van der Waals surface area contributed by atoms with Gasteiger partial charge in [-0.2, -0.15) is 0 Å². The molecule has 0 aliphatic rings. The first-order valence-electron chi connectivity index (χ1n) is 8.54. The molecule has 152 valence electrons. The first-order valence-corrected chi connectivity index (χ1v) is 8.92. The summed E-state index contributed by atoms with van der Waals surface area (Å²) in [5.41, 5.74) is 0.868. The maximum absolute atomic E-state index is 12.4. The normalized spacial score (nSPS) is 11.3. The Morgan fingerprint density at radius 3 is 2.38 bits per heavy atom. The summed E-state index contributed by atoms with van der Waals surface area (Å²) in [6.45, 7) is 2.50. The highest BCUT2D eigenvalue weighted by Gasteiger charge is 2.23. The fourth-order valence-electron chi connectivity index (χ4n) is 2.55. The number of carbonyl (C=O) groups is 4. The van der Waals surface area contributed by atoms with Crippen LogP contribution in [0.15, 0.2) is 42.5 Å². The quantitative estimate of drug-likeness (QED) is 0.469. The van der Waals surface area contributed by atoms with Crippen molar-refractivity contribution in [1.82, 2.24) is 5.32 Å². The third kappa shape index (κ3) is 6.32. The van der Waals surface area contributed by atoms with Crippen molar-refractivity contribution in [2.45, 2.75) is 26.3 Å². The highest BCUT2D eigenvalue weighted by molar-refractivity contribution is 6.33. The van der Waals surface area contributed by atoms with E-state index in [2.05, 4.69) is 10.6 Å². The van der Waals surface area contributed by atoms with Crippen molar-refractivity contribution in [3.63, 3.8) is 0 Å². The number of hydrogen-bond acceptors (Lipinski definition) is 5. The van der Waals surface area contributed by atoms with Gasteiger partial charge < -0.3 is 20.5 Å². The molecular weight excluding hydrogens is 400 g/mol. The fourth-order valence-corrected chi connectivity index (χ4v) is 2.77. The van der Waals surface area contributed by atoms with E-state index in [1.54, 1.807) is 18.2 Å². The Hall–Kier alpha value is -3.39. The number of esters is 1. The van der Waals surface area contributed by atoms with E-state index in [1.165, 1.54) is 38.1 Å². The summed E-state index contributed by atoms with van der Waals surface area (Å²) in [5, 5.41) is 14.7. The number of hydrogen-bond donors (Lipinski definition) is 3. The molecule has 0 aliphatic heterocycles. The van der Waals surface area contributed by atoms with Crippen LogP contribution in [0.25, 0.3) is 0 Å². The molecule has 1 unspecified atom stereocenters. The van der Waals surface area contributed by atoms with Crippen LogP contribution in [0.1, 0.15) is 29.8 Å². The Kier molecular flexibility index (Phi) is 7.33. The SMILES string of the molecule is CC(=O)Nc1cc(CC(NC(=O)c2ccccc2Cl)C(=O)O)ccc1OC(C)=O. The van der Waals surface area contributed by atoms with E-state index < -0.39 is 29.8 Å². The van der Waals surface area contributed by atoms with Crippen LogP contribution in [-0.2, 0) is 20.8 Å². The van der Waals surface area contributed by atoms with Gasteiger partial charge in [-0.1, -0.05) is 29.8 Å². The topological polar surface area (TPSA) is 122 Å². The minimum atomic E-state index is -1.25. The molecule has 2 aromatic carbocycles. The lowest BCUT2D eigenvalue weighted by Crippen LogP contribution is -2.42. The number of benzene rings is 2. The van der Waals surface area contributed by atoms with Crippen LogP contribution < -0.4 is 15.4 Å². The second-order valence-corrected chi connectivity index (χ2v) is 6.56. The molecule has 0 saturated carbocycles. The average Bonchev–Trinajstić information content (AvgIpc) is 2.62. The molecular formula is C20H19ClN2O6. The van der Waals surface area contributed by atoms with E-state index in [1.807, 2.05) is 0 Å². The van der Waals surface area contributed by atoms with Gasteiger partial charge >= 0.3 is 11.9 Å². The zero-order valence-corrected chi connectivity index (χ0v) is 16.4. The molecule has 3 N–H and O–H groups in total. The number of carbonyl (C=O) groups excluding carboxylic acids is 3. The van der Waals surface area contributed by atoms with Gasteiger partial charge in [0.15, 0.2) is 5.75 Å². The summed E-state index contributed by atoms with van der Waals surface area (Å²) in [5.74, 6) is -2.70. The van der Waals surface area contributed by atoms with Gasteiger partial charge in [0.05, 0.1) is 16.3 Å². The van der Waals surface area contributed by atoms with E-state index in [4.69, 9.17) is 16.3 Å². The molecule has 29 heavy (non-hydrogen) atoms. The molecule has 1 atom stereocenters. The van der Waals surface area contributed by atoms with Crippen molar-refractivity contribution in [1.29, 1.82) is 0 Å². The molecule has 0 aliphatic carbocycles. The van der Waals surface area contributed by atoms with Gasteiger partial charge in [-0.05, 0) is 29.8 Å². The van der Waals surface area contributed by atoms with Gasteiger partial charge in [0, 0.05) is 20.3 Å². The number of nitrogens with one attached hydrogen (secondary N) is 2. The second kappa shape index (κ2) is 9.70. The molecule has 0 fully saturated rings. The smallest absolute Gasteiger partial charge is 0.326 e. The summed E-state index contributed by atoms with van der Waals surface area (Å²) in [4.78, 5) is 46.7. The van der Waals surface area contributed by atoms with Crippen molar-refractivity contribution in [2.24, 2.45) is 0 Å². The second-order valence-electron chi connectivity index (χ2n) is 6.15. The molecule has 9 heteroatoms. The maximum atomic E-state index is 12.4. The molecule has 2 amide bonds. The predicted molar refractivity (Wildman–Crippen MR) is 106 cm³/mol. The third-order valence-corrected chi connectivity index (χ3v) is 4.10. The molecule has 0 aromatic heterocycles. The van der Waals surface area contributed by atoms with E-state index in [0.29, 0.717) is 5.56 Å². The zero-order chi connectivity index (χ0) is 21.6. The van der Waals surface area contributed by atoms with Crippen LogP contribution in [-0.4, -0.2) is 34.9 Å². The van der Waals surface area contributed by atoms with E-state index >= 15 is 0 Å². The van der Waals surface area contributed by atoms with Crippen molar-refractivity contribution in [3.8, 4) is 5.75 Å². The highest BCUT2D eigenvalue weighted by Crippen LogP contribution is 2.27. The molecule has 0 saturated heterocycles. The number of halogens is 1. The number of rotatable bonds is 7. The Balaban J connectivity index is 2.24. The number of amides is 2. The summed E-state index contributed by atoms with van der Waals surface area (Å²) < 4.78 is 5.03. The van der Waals surface area contributed by atoms with Gasteiger partial charge in [0.2, 0.25) is 5.91 Å². The van der Waals surface area contributed by atoms with E-state index in [0.717, 1.165) is 0 Å². The van der Waals surface area contributed by atoms with E-state index in [9.17, 15) is 24.3 Å². The van der Waals surface area contributed by atoms with Crippen LogP contribution in [0.5, 0.6) is 5.75 Å². The molecule has 2 rings (SSSR count). The van der Waals surface area contributed by atoms with Gasteiger partial charge in [-0.3, -0.25) is 14.4 Å². The summed E-state index contributed by atoms with van der Waals surface area (Å²) in [6.07, 6.45) is -0.0710. The molecule has 0 spiro atoms. The lowest BCUT2D eigenvalue weighted by atomic mass is 10.0. The summed E-state index contributed by atoms with van der Waals surface area (Å²) in [6, 6.07) is 9.50. The molecule has 0 radical (unpaired) electrons. The van der Waals surface area contributed by atoms with Crippen molar-refractivity contribution in [3.05, 3.63) is 58.6 Å². The monoisotopic (exact) mass is 418 g/mol. The average molecular weight is 419 g/mol. The van der Waals surface area contributed by atoms with Crippen LogP contribution in [0.2, 0.25) is 5.02 Å². The van der Waals surface area contributed by atoms with Crippen molar-refractivity contribution in [2.75, 3.05) is 5.32 Å². The molecule has 2 aromatic rings. The van der Waals surface area contributed by atoms with Crippen molar-refractivity contribution < 1.29 is 29.0 Å². The van der Waals surface area contributed by atoms with E-state index in [-0.39, 0.29) is 28.4 Å². The minimum absolute atomic E-state index is 0.0710. The van der Waals surface area contributed by atoms with Crippen molar-refractivity contribution >= 4 is 41.0 Å². The number of carboxylic acid groups (broad SMARTS) is 1. The maximum Gasteiger partial charge on any atom is 0.326 e. The van der Waals surface area contributed by atoms with Crippen LogP contribution in [0, 0.1) is 0 Å². The molecule has 8 nitrogen and oxygen atoms in total. The van der Waals surface area contributed by atoms with Gasteiger partial charge in [0.25, 0.3) is 5.91 Å². The first kappa shape index (κ1) is 21.9. The number of carboxylic acids is 1. The largest absolute Gasteiger partial charge is 0.480 e. The van der Waals surface area contributed by atoms with Crippen LogP contribution in [0.4, 0.5) is 5.69 Å². The van der Waals surface area contributed by atoms with Crippen LogP contribution >= 0.6 is 11.6 Å². The standard InChI is InChI=1S/C20H19ClN2O6/c1-11(24)22-16-9-13(7-8-18(16)29-12(2)25)10-17(20(27)28)23-19(26)14-5-3-4-6-15(14)21/h3-9,17H,10H2,1-2H3,(H,22,24)(H,23,26)(H,27,28). The van der Waals surface area contributed by atoms with Gasteiger partial charge in [0.1, 0.15) is 6.04 Å². The molecule has 0 bridgehead atoms. The van der Waals surface area contributed by atoms with Gasteiger partial charge in [-0.25, -0.2) is 4.79 Å². The number of aliphatic carboxylic acids is 1. The third-order valence-electron chi connectivity index (χ3n) is 3.77. The highest BCUT2D eigenvalue weighted by atomic mass is 35.5. The zero-order valence-electron chi connectivity index (χ0n) is 15.7. The summed E-state index contributed by atoms with van der Waals surface area (Å²) >= 11 is 5.98.